The molecule has 0 atom stereocenters. The van der Waals surface area contributed by atoms with E-state index in [-0.39, 0.29) is 5.88 Å². The maximum Gasteiger partial charge on any atom is 0.236 e. The van der Waals surface area contributed by atoms with Crippen LogP contribution in [0, 0.1) is 0 Å². The quantitative estimate of drug-likeness (QED) is 0.467. The van der Waals surface area contributed by atoms with Crippen molar-refractivity contribution in [2.45, 2.75) is 0 Å². The highest BCUT2D eigenvalue weighted by Gasteiger charge is 1.91. The van der Waals surface area contributed by atoms with Crippen molar-refractivity contribution in [3.8, 4) is 0 Å². The number of rotatable bonds is 1. The number of hydrogen-bond acceptors (Lipinski definition) is 3. The van der Waals surface area contributed by atoms with E-state index in [2.05, 4.69) is 10.6 Å². The fourth-order valence-electron chi connectivity index (χ4n) is 0.604. The van der Waals surface area contributed by atoms with E-state index in [0.717, 1.165) is 26.2 Å². The fourth-order valence-corrected chi connectivity index (χ4v) is 0.604. The summed E-state index contributed by atoms with van der Waals surface area (Å²) in [6, 6.07) is 0. The third-order valence-corrected chi connectivity index (χ3v) is 1.58. The van der Waals surface area contributed by atoms with Crippen LogP contribution < -0.4 is 10.6 Å². The molecule has 0 amide bonds. The number of piperazine rings is 1. The SMILES string of the molecule is C1CNCCN1.O=C(Cl)CCl. The van der Waals surface area contributed by atoms with Crippen LogP contribution in [-0.2, 0) is 4.79 Å². The Morgan fingerprint density at radius 2 is 1.45 bits per heavy atom. The van der Waals surface area contributed by atoms with Gasteiger partial charge in [-0.2, -0.15) is 0 Å². The fraction of sp³-hybridized carbons (Fsp3) is 0.833. The van der Waals surface area contributed by atoms with Crippen molar-refractivity contribution in [1.82, 2.24) is 10.6 Å². The topological polar surface area (TPSA) is 41.1 Å². The van der Waals surface area contributed by atoms with E-state index in [1.165, 1.54) is 0 Å². The molecule has 0 aromatic rings. The summed E-state index contributed by atoms with van der Waals surface area (Å²) < 4.78 is 0. The molecule has 5 heteroatoms. The van der Waals surface area contributed by atoms with Crippen LogP contribution in [0.15, 0.2) is 0 Å². The van der Waals surface area contributed by atoms with Gasteiger partial charge in [0.05, 0.1) is 5.88 Å². The first-order chi connectivity index (χ1) is 5.27. The Kier molecular flexibility index (Phi) is 8.40. The van der Waals surface area contributed by atoms with Crippen molar-refractivity contribution < 1.29 is 4.79 Å². The van der Waals surface area contributed by atoms with Crippen molar-refractivity contribution >= 4 is 28.4 Å². The van der Waals surface area contributed by atoms with Crippen molar-refractivity contribution in [3.63, 3.8) is 0 Å². The first-order valence-electron chi connectivity index (χ1n) is 3.43. The standard InChI is InChI=1S/C4H10N2.C2H2Cl2O/c1-2-6-4-3-5-1;3-1-2(4)5/h5-6H,1-4H2;1H2. The Morgan fingerprint density at radius 1 is 1.18 bits per heavy atom. The van der Waals surface area contributed by atoms with Gasteiger partial charge in [0.2, 0.25) is 5.24 Å². The number of halogens is 2. The first kappa shape index (κ1) is 11.2. The van der Waals surface area contributed by atoms with Crippen molar-refractivity contribution in [3.05, 3.63) is 0 Å². The van der Waals surface area contributed by atoms with Crippen LogP contribution in [0.5, 0.6) is 0 Å². The lowest BCUT2D eigenvalue weighted by Crippen LogP contribution is -2.39. The lowest BCUT2D eigenvalue weighted by atomic mass is 10.4. The highest BCUT2D eigenvalue weighted by molar-refractivity contribution is 6.67. The van der Waals surface area contributed by atoms with Crippen molar-refractivity contribution in [2.24, 2.45) is 0 Å². The third-order valence-electron chi connectivity index (χ3n) is 1.06. The van der Waals surface area contributed by atoms with Gasteiger partial charge in [-0.3, -0.25) is 4.79 Å². The Hall–Kier alpha value is 0.170. The molecule has 3 nitrogen and oxygen atoms in total. The van der Waals surface area contributed by atoms with Crippen LogP contribution in [0.2, 0.25) is 0 Å². The molecule has 1 fully saturated rings. The van der Waals surface area contributed by atoms with Crippen LogP contribution in [0.1, 0.15) is 0 Å². The predicted molar refractivity (Wildman–Crippen MR) is 47.3 cm³/mol. The van der Waals surface area contributed by atoms with E-state index in [4.69, 9.17) is 23.2 Å². The van der Waals surface area contributed by atoms with E-state index in [9.17, 15) is 4.79 Å². The van der Waals surface area contributed by atoms with Gasteiger partial charge in [-0.15, -0.1) is 11.6 Å². The molecule has 0 bridgehead atoms. The summed E-state index contributed by atoms with van der Waals surface area (Å²) in [6.45, 7) is 4.56. The van der Waals surface area contributed by atoms with Gasteiger partial charge in [-0.1, -0.05) is 0 Å². The average molecular weight is 199 g/mol. The minimum atomic E-state index is -0.508. The molecule has 1 heterocycles. The predicted octanol–water partition coefficient (Wildman–Crippen LogP) is 0.170. The van der Waals surface area contributed by atoms with E-state index in [1.807, 2.05) is 0 Å². The molecule has 0 aliphatic carbocycles. The number of carbonyl (C=O) groups is 1. The van der Waals surface area contributed by atoms with Gasteiger partial charge >= 0.3 is 0 Å². The molecule has 0 spiro atoms. The van der Waals surface area contributed by atoms with E-state index in [1.54, 1.807) is 0 Å². The largest absolute Gasteiger partial charge is 0.314 e. The average Bonchev–Trinajstić information content (AvgIpc) is 2.09. The molecular formula is C6H12Cl2N2O. The molecule has 1 saturated heterocycles. The van der Waals surface area contributed by atoms with Crippen molar-refractivity contribution in [1.29, 1.82) is 0 Å². The summed E-state index contributed by atoms with van der Waals surface area (Å²) in [5, 5.41) is 5.94. The molecular weight excluding hydrogens is 187 g/mol. The summed E-state index contributed by atoms with van der Waals surface area (Å²) in [5.41, 5.74) is 0. The molecule has 66 valence electrons. The maximum absolute atomic E-state index is 9.45. The van der Waals surface area contributed by atoms with E-state index >= 15 is 0 Å². The second-order valence-corrected chi connectivity index (χ2v) is 2.68. The molecule has 11 heavy (non-hydrogen) atoms. The molecule has 0 radical (unpaired) electrons. The number of alkyl halides is 1. The number of carbonyl (C=O) groups excluding carboxylic acids is 1. The molecule has 0 aromatic heterocycles. The summed E-state index contributed by atoms with van der Waals surface area (Å²) in [5.74, 6) is -0.0957. The minimum absolute atomic E-state index is 0.0957. The number of hydrogen-bond donors (Lipinski definition) is 2. The summed E-state index contributed by atoms with van der Waals surface area (Å²) in [7, 11) is 0. The highest BCUT2D eigenvalue weighted by atomic mass is 35.5. The molecule has 0 aromatic carbocycles. The molecule has 2 N–H and O–H groups in total. The van der Waals surface area contributed by atoms with Gasteiger partial charge in [0.1, 0.15) is 0 Å². The lowest BCUT2D eigenvalue weighted by molar-refractivity contribution is -0.109. The second kappa shape index (κ2) is 8.27. The molecule has 1 aliphatic heterocycles. The smallest absolute Gasteiger partial charge is 0.236 e. The van der Waals surface area contributed by atoms with Gasteiger partial charge in [0.15, 0.2) is 0 Å². The first-order valence-corrected chi connectivity index (χ1v) is 4.34. The van der Waals surface area contributed by atoms with E-state index < -0.39 is 5.24 Å². The van der Waals surface area contributed by atoms with E-state index in [0.29, 0.717) is 0 Å². The summed E-state index contributed by atoms with van der Waals surface area (Å²) in [6.07, 6.45) is 0. The normalized spacial score (nSPS) is 16.5. The van der Waals surface area contributed by atoms with Gasteiger partial charge in [-0.05, 0) is 11.6 Å². The molecule has 0 unspecified atom stereocenters. The summed E-state index contributed by atoms with van der Waals surface area (Å²) >= 11 is 9.55. The Labute approximate surface area is 76.4 Å². The van der Waals surface area contributed by atoms with Crippen LogP contribution in [-0.4, -0.2) is 37.3 Å². The van der Waals surface area contributed by atoms with Gasteiger partial charge in [0, 0.05) is 26.2 Å². The minimum Gasteiger partial charge on any atom is -0.314 e. The van der Waals surface area contributed by atoms with Crippen LogP contribution in [0.4, 0.5) is 0 Å². The maximum atomic E-state index is 9.45. The van der Waals surface area contributed by atoms with Crippen LogP contribution in [0.3, 0.4) is 0 Å². The van der Waals surface area contributed by atoms with Crippen LogP contribution in [0.25, 0.3) is 0 Å². The summed E-state index contributed by atoms with van der Waals surface area (Å²) in [4.78, 5) is 9.45. The highest BCUT2D eigenvalue weighted by Crippen LogP contribution is 1.80. The molecule has 0 saturated carbocycles. The second-order valence-electron chi connectivity index (χ2n) is 1.99. The third kappa shape index (κ3) is 10.2. The van der Waals surface area contributed by atoms with Gasteiger partial charge < -0.3 is 10.6 Å². The Morgan fingerprint density at radius 3 is 1.55 bits per heavy atom. The van der Waals surface area contributed by atoms with Gasteiger partial charge in [-0.25, -0.2) is 0 Å². The molecule has 1 aliphatic rings. The Balaban J connectivity index is 0.000000187. The Bertz CT molecular complexity index is 95.2. The van der Waals surface area contributed by atoms with Crippen molar-refractivity contribution in [2.75, 3.05) is 32.1 Å². The zero-order chi connectivity index (χ0) is 8.53. The zero-order valence-electron chi connectivity index (χ0n) is 6.20. The molecule has 1 rings (SSSR count). The lowest BCUT2D eigenvalue weighted by Gasteiger charge is -2.11. The monoisotopic (exact) mass is 198 g/mol. The van der Waals surface area contributed by atoms with Gasteiger partial charge in [0.25, 0.3) is 0 Å². The zero-order valence-corrected chi connectivity index (χ0v) is 7.71. The number of nitrogens with one attached hydrogen (secondary N) is 2. The van der Waals surface area contributed by atoms with Crippen LogP contribution >= 0.6 is 23.2 Å².